The fourth-order valence-electron chi connectivity index (χ4n) is 8.22. The van der Waals surface area contributed by atoms with E-state index >= 15 is 0 Å². The lowest BCUT2D eigenvalue weighted by Gasteiger charge is -2.39. The number of phenols is 1. The second kappa shape index (κ2) is 18.9. The van der Waals surface area contributed by atoms with Gasteiger partial charge in [-0.1, -0.05) is 145 Å². The molecule has 0 aliphatic carbocycles. The van der Waals surface area contributed by atoms with Crippen molar-refractivity contribution < 1.29 is 9.84 Å². The number of hydrogen-bond acceptors (Lipinski definition) is 2. The van der Waals surface area contributed by atoms with Gasteiger partial charge >= 0.3 is 0 Å². The molecule has 50 heavy (non-hydrogen) atoms. The smallest absolute Gasteiger partial charge is 0.127 e. The highest BCUT2D eigenvalue weighted by Crippen LogP contribution is 2.61. The van der Waals surface area contributed by atoms with Crippen molar-refractivity contribution in [2.24, 2.45) is 0 Å². The molecule has 2 nitrogen and oxygen atoms in total. The van der Waals surface area contributed by atoms with Gasteiger partial charge in [0.25, 0.3) is 0 Å². The van der Waals surface area contributed by atoms with E-state index < -0.39 is 7.26 Å². The van der Waals surface area contributed by atoms with Crippen LogP contribution in [-0.2, 0) is 12.6 Å². The van der Waals surface area contributed by atoms with Gasteiger partial charge in [0.05, 0.1) is 0 Å². The summed E-state index contributed by atoms with van der Waals surface area (Å²) in [5.41, 5.74) is 4.17. The standard InChI is InChI=1S/C47H63O2P/c1-5-6-7-8-9-10-11-12-13-14-15-16-17-27-35-47(4)36-34-43-44(45(48)38(2)39(3)46(43)49-47)37-50(40-28-21-18-22-29-40,41-30-23-19-24-31-41)42-32-25-20-26-33-42/h18-26,28-33H,5-17,27,34-37H2,1-4H3/p+1. The van der Waals surface area contributed by atoms with Crippen molar-refractivity contribution in [2.45, 2.75) is 149 Å². The van der Waals surface area contributed by atoms with Crippen molar-refractivity contribution in [1.82, 2.24) is 0 Å². The molecule has 0 radical (unpaired) electrons. The molecule has 4 aromatic carbocycles. The molecule has 0 bridgehead atoms. The normalized spacial score (nSPS) is 15.8. The second-order valence-electron chi connectivity index (χ2n) is 15.3. The lowest BCUT2D eigenvalue weighted by atomic mass is 9.84. The molecular weight excluding hydrogens is 627 g/mol. The van der Waals surface area contributed by atoms with Gasteiger partial charge in [-0.15, -0.1) is 0 Å². The van der Waals surface area contributed by atoms with Gasteiger partial charge in [0, 0.05) is 11.1 Å². The number of fused-ring (bicyclic) bond motifs is 1. The first kappa shape index (κ1) is 38.1. The van der Waals surface area contributed by atoms with E-state index in [4.69, 9.17) is 4.74 Å². The van der Waals surface area contributed by atoms with Crippen LogP contribution in [0.25, 0.3) is 0 Å². The topological polar surface area (TPSA) is 29.5 Å². The van der Waals surface area contributed by atoms with E-state index in [1.165, 1.54) is 111 Å². The van der Waals surface area contributed by atoms with E-state index in [1.807, 2.05) is 0 Å². The summed E-state index contributed by atoms with van der Waals surface area (Å²) in [5, 5.41) is 16.0. The molecule has 3 heteroatoms. The van der Waals surface area contributed by atoms with Crippen LogP contribution >= 0.6 is 7.26 Å². The van der Waals surface area contributed by atoms with E-state index in [1.54, 1.807) is 0 Å². The van der Waals surface area contributed by atoms with Crippen LogP contribution in [-0.4, -0.2) is 10.7 Å². The maximum absolute atomic E-state index is 12.0. The number of ether oxygens (including phenoxy) is 1. The molecule has 1 heterocycles. The predicted molar refractivity (Wildman–Crippen MR) is 219 cm³/mol. The zero-order valence-corrected chi connectivity index (χ0v) is 32.6. The Morgan fingerprint density at radius 1 is 0.600 bits per heavy atom. The number of rotatable bonds is 20. The summed E-state index contributed by atoms with van der Waals surface area (Å²) < 4.78 is 7.07. The maximum Gasteiger partial charge on any atom is 0.127 e. The van der Waals surface area contributed by atoms with Crippen LogP contribution in [0.15, 0.2) is 91.0 Å². The summed E-state index contributed by atoms with van der Waals surface area (Å²) in [6, 6.07) is 33.1. The van der Waals surface area contributed by atoms with Crippen LogP contribution in [0.3, 0.4) is 0 Å². The molecule has 268 valence electrons. The van der Waals surface area contributed by atoms with Crippen LogP contribution < -0.4 is 20.7 Å². The first-order valence-corrected chi connectivity index (χ1v) is 21.9. The second-order valence-corrected chi connectivity index (χ2v) is 18.7. The molecule has 0 fully saturated rings. The fraction of sp³-hybridized carbons (Fsp3) is 0.489. The Kier molecular flexibility index (Phi) is 14.5. The summed E-state index contributed by atoms with van der Waals surface area (Å²) in [6.07, 6.45) is 23.1. The minimum absolute atomic E-state index is 0.167. The predicted octanol–water partition coefficient (Wildman–Crippen LogP) is 12.5. The zero-order valence-electron chi connectivity index (χ0n) is 31.7. The van der Waals surface area contributed by atoms with Crippen LogP contribution in [0.1, 0.15) is 139 Å². The molecule has 1 aliphatic rings. The van der Waals surface area contributed by atoms with Gasteiger partial charge in [0.15, 0.2) is 0 Å². The zero-order chi connectivity index (χ0) is 35.2. The Labute approximate surface area is 305 Å². The van der Waals surface area contributed by atoms with E-state index in [2.05, 4.69) is 119 Å². The van der Waals surface area contributed by atoms with Gasteiger partial charge in [-0.3, -0.25) is 0 Å². The lowest BCUT2D eigenvalue weighted by molar-refractivity contribution is 0.0521. The molecular formula is C47H64O2P+. The van der Waals surface area contributed by atoms with Crippen molar-refractivity contribution in [3.63, 3.8) is 0 Å². The van der Waals surface area contributed by atoms with Gasteiger partial charge in [-0.05, 0) is 94.0 Å². The molecule has 0 spiro atoms. The first-order valence-electron chi connectivity index (χ1n) is 20.0. The van der Waals surface area contributed by atoms with E-state index in [0.717, 1.165) is 47.9 Å². The highest BCUT2D eigenvalue weighted by Gasteiger charge is 2.47. The van der Waals surface area contributed by atoms with Gasteiger partial charge in [-0.2, -0.15) is 0 Å². The summed E-state index contributed by atoms with van der Waals surface area (Å²) in [4.78, 5) is 0. The molecule has 0 amide bonds. The molecule has 0 saturated carbocycles. The average Bonchev–Trinajstić information content (AvgIpc) is 3.15. The number of unbranched alkanes of at least 4 members (excludes halogenated alkanes) is 13. The average molecular weight is 692 g/mol. The summed E-state index contributed by atoms with van der Waals surface area (Å²) in [5.74, 6) is 1.48. The van der Waals surface area contributed by atoms with Crippen LogP contribution in [0.2, 0.25) is 0 Å². The first-order chi connectivity index (χ1) is 24.4. The van der Waals surface area contributed by atoms with Crippen molar-refractivity contribution in [3.05, 3.63) is 113 Å². The molecule has 4 aromatic rings. The van der Waals surface area contributed by atoms with Crippen molar-refractivity contribution in [2.75, 3.05) is 0 Å². The van der Waals surface area contributed by atoms with Crippen molar-refractivity contribution in [1.29, 1.82) is 0 Å². The van der Waals surface area contributed by atoms with Crippen LogP contribution in [0.4, 0.5) is 0 Å². The Balaban J connectivity index is 1.27. The Bertz CT molecular complexity index is 1490. The summed E-state index contributed by atoms with van der Waals surface area (Å²) in [7, 11) is -2.18. The quantitative estimate of drug-likeness (QED) is 0.0738. The molecule has 0 aromatic heterocycles. The lowest BCUT2D eigenvalue weighted by Crippen LogP contribution is -2.37. The molecule has 1 atom stereocenters. The molecule has 1 aliphatic heterocycles. The minimum atomic E-state index is -2.18. The van der Waals surface area contributed by atoms with E-state index in [0.29, 0.717) is 5.75 Å². The minimum Gasteiger partial charge on any atom is -0.507 e. The Hall–Kier alpha value is -3.09. The highest BCUT2D eigenvalue weighted by molar-refractivity contribution is 7.95. The van der Waals surface area contributed by atoms with Gasteiger partial charge in [0.1, 0.15) is 46.4 Å². The fourth-order valence-corrected chi connectivity index (χ4v) is 12.5. The maximum atomic E-state index is 12.0. The van der Waals surface area contributed by atoms with E-state index in [-0.39, 0.29) is 5.60 Å². The third kappa shape index (κ3) is 9.41. The third-order valence-corrected chi connectivity index (χ3v) is 15.8. The summed E-state index contributed by atoms with van der Waals surface area (Å²) in [6.45, 7) is 8.84. The number of aromatic hydroxyl groups is 1. The van der Waals surface area contributed by atoms with Crippen LogP contribution in [0.5, 0.6) is 11.5 Å². The van der Waals surface area contributed by atoms with Gasteiger partial charge in [0.2, 0.25) is 0 Å². The molecule has 0 saturated heterocycles. The monoisotopic (exact) mass is 691 g/mol. The SMILES string of the molecule is CCCCCCCCCCCCCCCCC1(C)CCc2c(C[P+](c3ccccc3)(c3ccccc3)c3ccccc3)c(O)c(C)c(C)c2O1. The van der Waals surface area contributed by atoms with Crippen molar-refractivity contribution in [3.8, 4) is 11.5 Å². The van der Waals surface area contributed by atoms with Gasteiger partial charge < -0.3 is 9.84 Å². The summed E-state index contributed by atoms with van der Waals surface area (Å²) >= 11 is 0. The largest absolute Gasteiger partial charge is 0.507 e. The number of benzene rings is 4. The Morgan fingerprint density at radius 3 is 1.46 bits per heavy atom. The Morgan fingerprint density at radius 2 is 1.02 bits per heavy atom. The number of phenolic OH excluding ortho intramolecular Hbond substituents is 1. The highest BCUT2D eigenvalue weighted by atomic mass is 31.2. The van der Waals surface area contributed by atoms with Crippen molar-refractivity contribution >= 4 is 23.2 Å². The van der Waals surface area contributed by atoms with Gasteiger partial charge in [-0.25, -0.2) is 0 Å². The molecule has 1 unspecified atom stereocenters. The number of hydrogen-bond donors (Lipinski definition) is 1. The third-order valence-electron chi connectivity index (χ3n) is 11.5. The molecule has 1 N–H and O–H groups in total. The molecule has 5 rings (SSSR count). The van der Waals surface area contributed by atoms with Crippen LogP contribution in [0, 0.1) is 13.8 Å². The van der Waals surface area contributed by atoms with E-state index in [9.17, 15) is 5.11 Å².